The SMILES string of the molecule is COCCOCOc1ccc(Cl)cc1C(=O)Nc1ccc(N2CCCN(Cc3ccccc3)CC2)c(F)c1. The first kappa shape index (κ1) is 27.9. The molecule has 1 N–H and O–H groups in total. The summed E-state index contributed by atoms with van der Waals surface area (Å²) in [6.07, 6.45) is 0.942. The van der Waals surface area contributed by atoms with Crippen LogP contribution in [0.5, 0.6) is 5.75 Å². The van der Waals surface area contributed by atoms with Crippen LogP contribution in [-0.2, 0) is 16.0 Å². The van der Waals surface area contributed by atoms with Gasteiger partial charge in [-0.3, -0.25) is 9.69 Å². The predicted molar refractivity (Wildman–Crippen MR) is 148 cm³/mol. The maximum absolute atomic E-state index is 15.2. The zero-order valence-electron chi connectivity index (χ0n) is 21.5. The van der Waals surface area contributed by atoms with Crippen molar-refractivity contribution in [3.63, 3.8) is 0 Å². The van der Waals surface area contributed by atoms with Crippen molar-refractivity contribution >= 4 is 28.9 Å². The van der Waals surface area contributed by atoms with Crippen LogP contribution in [0.25, 0.3) is 0 Å². The van der Waals surface area contributed by atoms with Gasteiger partial charge in [0.15, 0.2) is 6.79 Å². The Morgan fingerprint density at radius 1 is 1.00 bits per heavy atom. The van der Waals surface area contributed by atoms with Gasteiger partial charge in [0, 0.05) is 50.5 Å². The number of methoxy groups -OCH3 is 1. The Morgan fingerprint density at radius 3 is 2.63 bits per heavy atom. The van der Waals surface area contributed by atoms with Crippen LogP contribution in [0.4, 0.5) is 15.8 Å². The van der Waals surface area contributed by atoms with Gasteiger partial charge in [-0.25, -0.2) is 4.39 Å². The largest absolute Gasteiger partial charge is 0.467 e. The highest BCUT2D eigenvalue weighted by Gasteiger charge is 2.19. The summed E-state index contributed by atoms with van der Waals surface area (Å²) in [4.78, 5) is 17.5. The Hall–Kier alpha value is -3.17. The van der Waals surface area contributed by atoms with Crippen LogP contribution < -0.4 is 15.0 Å². The van der Waals surface area contributed by atoms with Crippen LogP contribution in [0.15, 0.2) is 66.7 Å². The summed E-state index contributed by atoms with van der Waals surface area (Å²) in [5, 5.41) is 3.13. The zero-order valence-corrected chi connectivity index (χ0v) is 22.3. The van der Waals surface area contributed by atoms with Crippen molar-refractivity contribution in [1.29, 1.82) is 0 Å². The van der Waals surface area contributed by atoms with Crippen LogP contribution in [0.2, 0.25) is 5.02 Å². The molecule has 0 saturated carbocycles. The van der Waals surface area contributed by atoms with E-state index in [1.165, 1.54) is 17.7 Å². The lowest BCUT2D eigenvalue weighted by Gasteiger charge is -2.24. The maximum atomic E-state index is 15.2. The Morgan fingerprint density at radius 2 is 1.84 bits per heavy atom. The van der Waals surface area contributed by atoms with Gasteiger partial charge in [-0.2, -0.15) is 0 Å². The highest BCUT2D eigenvalue weighted by Crippen LogP contribution is 2.27. The second-order valence-electron chi connectivity index (χ2n) is 9.03. The van der Waals surface area contributed by atoms with E-state index >= 15 is 4.39 Å². The number of rotatable bonds is 11. The van der Waals surface area contributed by atoms with Gasteiger partial charge in [-0.15, -0.1) is 0 Å². The van der Waals surface area contributed by atoms with Crippen LogP contribution >= 0.6 is 11.6 Å². The van der Waals surface area contributed by atoms with E-state index in [1.807, 2.05) is 18.2 Å². The van der Waals surface area contributed by atoms with Crippen molar-refractivity contribution in [3.05, 3.63) is 88.7 Å². The predicted octanol–water partition coefficient (Wildman–Crippen LogP) is 5.44. The van der Waals surface area contributed by atoms with Crippen LogP contribution in [0.3, 0.4) is 0 Å². The fraction of sp³-hybridized carbons (Fsp3) is 0.345. The van der Waals surface area contributed by atoms with Gasteiger partial charge >= 0.3 is 0 Å². The average Bonchev–Trinajstić information content (AvgIpc) is 3.15. The van der Waals surface area contributed by atoms with E-state index in [1.54, 1.807) is 31.4 Å². The number of benzene rings is 3. The van der Waals surface area contributed by atoms with Crippen molar-refractivity contribution < 1.29 is 23.4 Å². The van der Waals surface area contributed by atoms with E-state index in [4.69, 9.17) is 25.8 Å². The lowest BCUT2D eigenvalue weighted by atomic mass is 10.1. The molecule has 1 aliphatic rings. The highest BCUT2D eigenvalue weighted by atomic mass is 35.5. The maximum Gasteiger partial charge on any atom is 0.259 e. The number of nitrogens with zero attached hydrogens (tertiary/aromatic N) is 2. The monoisotopic (exact) mass is 541 g/mol. The summed E-state index contributed by atoms with van der Waals surface area (Å²) in [6, 6.07) is 19.9. The molecule has 0 atom stereocenters. The lowest BCUT2D eigenvalue weighted by molar-refractivity contribution is -0.00872. The lowest BCUT2D eigenvalue weighted by Crippen LogP contribution is -2.31. The number of hydrogen-bond acceptors (Lipinski definition) is 6. The first-order valence-corrected chi connectivity index (χ1v) is 13.0. The molecule has 1 saturated heterocycles. The Labute approximate surface area is 228 Å². The van der Waals surface area contributed by atoms with Crippen molar-refractivity contribution in [1.82, 2.24) is 4.90 Å². The van der Waals surface area contributed by atoms with Gasteiger partial charge < -0.3 is 24.4 Å². The van der Waals surface area contributed by atoms with Gasteiger partial charge in [0.25, 0.3) is 5.91 Å². The normalized spacial score (nSPS) is 14.2. The molecule has 38 heavy (non-hydrogen) atoms. The molecule has 3 aromatic rings. The van der Waals surface area contributed by atoms with Gasteiger partial charge in [0.05, 0.1) is 24.5 Å². The van der Waals surface area contributed by atoms with Gasteiger partial charge in [-0.05, 0) is 48.4 Å². The fourth-order valence-electron chi connectivity index (χ4n) is 4.36. The molecule has 1 aliphatic heterocycles. The summed E-state index contributed by atoms with van der Waals surface area (Å²) < 4.78 is 31.0. The molecule has 0 spiro atoms. The second kappa shape index (κ2) is 14.1. The number of hydrogen-bond donors (Lipinski definition) is 1. The third-order valence-corrected chi connectivity index (χ3v) is 6.53. The Balaban J connectivity index is 1.37. The van der Waals surface area contributed by atoms with E-state index in [-0.39, 0.29) is 18.2 Å². The summed E-state index contributed by atoms with van der Waals surface area (Å²) >= 11 is 6.12. The summed E-state index contributed by atoms with van der Waals surface area (Å²) in [6.45, 7) is 4.93. The minimum absolute atomic E-state index is 0.0484. The number of ether oxygens (including phenoxy) is 3. The average molecular weight is 542 g/mol. The van der Waals surface area contributed by atoms with E-state index in [0.717, 1.165) is 39.1 Å². The number of carbonyl (C=O) groups is 1. The van der Waals surface area contributed by atoms with Gasteiger partial charge in [0.2, 0.25) is 0 Å². The smallest absolute Gasteiger partial charge is 0.259 e. The summed E-state index contributed by atoms with van der Waals surface area (Å²) in [7, 11) is 1.58. The molecule has 7 nitrogen and oxygen atoms in total. The van der Waals surface area contributed by atoms with Crippen molar-refractivity contribution in [2.75, 3.05) is 63.5 Å². The van der Waals surface area contributed by atoms with E-state index in [2.05, 4.69) is 27.2 Å². The Bertz CT molecular complexity index is 1200. The summed E-state index contributed by atoms with van der Waals surface area (Å²) in [5.74, 6) is -0.530. The van der Waals surface area contributed by atoms with Crippen molar-refractivity contribution in [3.8, 4) is 5.75 Å². The zero-order chi connectivity index (χ0) is 26.7. The van der Waals surface area contributed by atoms with Gasteiger partial charge in [0.1, 0.15) is 11.6 Å². The molecule has 1 fully saturated rings. The first-order chi connectivity index (χ1) is 18.5. The van der Waals surface area contributed by atoms with Crippen molar-refractivity contribution in [2.24, 2.45) is 0 Å². The quantitative estimate of drug-likeness (QED) is 0.257. The molecule has 1 amide bonds. The highest BCUT2D eigenvalue weighted by molar-refractivity contribution is 6.31. The molecule has 4 rings (SSSR count). The molecule has 0 aromatic heterocycles. The van der Waals surface area contributed by atoms with Gasteiger partial charge in [-0.1, -0.05) is 41.9 Å². The van der Waals surface area contributed by atoms with E-state index < -0.39 is 5.91 Å². The number of carbonyl (C=O) groups excluding carboxylic acids is 1. The molecule has 0 radical (unpaired) electrons. The number of amides is 1. The fourth-order valence-corrected chi connectivity index (χ4v) is 4.54. The number of anilines is 2. The molecule has 0 bridgehead atoms. The molecular formula is C29H33ClFN3O4. The molecule has 202 valence electrons. The molecule has 3 aromatic carbocycles. The minimum Gasteiger partial charge on any atom is -0.467 e. The molecule has 0 unspecified atom stereocenters. The second-order valence-corrected chi connectivity index (χ2v) is 9.46. The Kier molecular flexibility index (Phi) is 10.3. The molecule has 9 heteroatoms. The van der Waals surface area contributed by atoms with E-state index in [0.29, 0.717) is 35.4 Å². The standard InChI is InChI=1S/C29H33ClFN3O4/c1-36-16-17-37-21-38-28-11-8-23(30)18-25(28)29(35)32-24-9-10-27(26(31)19-24)34-13-5-12-33(14-15-34)20-22-6-3-2-4-7-22/h2-4,6-11,18-19H,5,12-17,20-21H2,1H3,(H,32,35). The third-order valence-electron chi connectivity index (χ3n) is 6.30. The minimum atomic E-state index is -0.460. The van der Waals surface area contributed by atoms with E-state index in [9.17, 15) is 4.79 Å². The third kappa shape index (κ3) is 7.91. The number of nitrogens with one attached hydrogen (secondary N) is 1. The number of halogens is 2. The van der Waals surface area contributed by atoms with Crippen molar-refractivity contribution in [2.45, 2.75) is 13.0 Å². The van der Waals surface area contributed by atoms with Crippen LogP contribution in [-0.4, -0.2) is 64.1 Å². The topological polar surface area (TPSA) is 63.3 Å². The first-order valence-electron chi connectivity index (χ1n) is 12.6. The summed E-state index contributed by atoms with van der Waals surface area (Å²) in [5.41, 5.74) is 2.38. The van der Waals surface area contributed by atoms with Crippen LogP contribution in [0.1, 0.15) is 22.3 Å². The molecular weight excluding hydrogens is 509 g/mol. The molecule has 0 aliphatic carbocycles. The molecule has 1 heterocycles. The van der Waals surface area contributed by atoms with Crippen LogP contribution in [0, 0.1) is 5.82 Å².